The Balaban J connectivity index is 2.71. The molecule has 0 aliphatic rings. The van der Waals surface area contributed by atoms with E-state index in [1.165, 1.54) is 19.2 Å². The molecule has 2 aromatic rings. The van der Waals surface area contributed by atoms with E-state index in [0.717, 1.165) is 6.07 Å². The standard InChI is InChI=1S/C13H10F2N2O2/c1-6-3-8(14)4-9(15)10(6)11-7(2)5-16-12(17-11)13(18)19/h3-5H,1-2H3,(H,18,19). The summed E-state index contributed by atoms with van der Waals surface area (Å²) in [6, 6.07) is 1.91. The van der Waals surface area contributed by atoms with Crippen LogP contribution in [0.1, 0.15) is 21.7 Å². The van der Waals surface area contributed by atoms with E-state index in [4.69, 9.17) is 5.11 Å². The fourth-order valence-electron chi connectivity index (χ4n) is 1.80. The quantitative estimate of drug-likeness (QED) is 0.905. The van der Waals surface area contributed by atoms with Gasteiger partial charge in [-0.3, -0.25) is 0 Å². The van der Waals surface area contributed by atoms with E-state index < -0.39 is 23.4 Å². The molecular weight excluding hydrogens is 254 g/mol. The average Bonchev–Trinajstić information content (AvgIpc) is 2.29. The van der Waals surface area contributed by atoms with Crippen LogP contribution in [0.4, 0.5) is 8.78 Å². The van der Waals surface area contributed by atoms with E-state index in [0.29, 0.717) is 11.1 Å². The normalized spacial score (nSPS) is 10.5. The molecule has 0 fully saturated rings. The van der Waals surface area contributed by atoms with Gasteiger partial charge in [0.1, 0.15) is 11.6 Å². The SMILES string of the molecule is Cc1cnc(C(=O)O)nc1-c1c(C)cc(F)cc1F. The third kappa shape index (κ3) is 2.42. The number of aromatic carboxylic acids is 1. The molecular formula is C13H10F2N2O2. The number of nitrogens with zero attached hydrogens (tertiary/aromatic N) is 2. The van der Waals surface area contributed by atoms with Gasteiger partial charge < -0.3 is 5.11 Å². The lowest BCUT2D eigenvalue weighted by atomic mass is 10.0. The van der Waals surface area contributed by atoms with Crippen LogP contribution in [0.2, 0.25) is 0 Å². The first-order valence-electron chi connectivity index (χ1n) is 5.43. The maximum Gasteiger partial charge on any atom is 0.373 e. The van der Waals surface area contributed by atoms with Crippen molar-refractivity contribution in [3.63, 3.8) is 0 Å². The number of aryl methyl sites for hydroxylation is 2. The molecule has 0 saturated heterocycles. The summed E-state index contributed by atoms with van der Waals surface area (Å²) in [5, 5.41) is 8.85. The molecule has 98 valence electrons. The van der Waals surface area contributed by atoms with Gasteiger partial charge in [-0.25, -0.2) is 23.5 Å². The molecule has 1 N–H and O–H groups in total. The molecule has 1 aromatic carbocycles. The van der Waals surface area contributed by atoms with Crippen LogP contribution in [0.5, 0.6) is 0 Å². The second-order valence-corrected chi connectivity index (χ2v) is 4.11. The van der Waals surface area contributed by atoms with Gasteiger partial charge in [-0.1, -0.05) is 0 Å². The third-order valence-corrected chi connectivity index (χ3v) is 2.65. The molecule has 0 amide bonds. The van der Waals surface area contributed by atoms with E-state index in [2.05, 4.69) is 9.97 Å². The van der Waals surface area contributed by atoms with Crippen LogP contribution in [0.3, 0.4) is 0 Å². The Morgan fingerprint density at radius 3 is 2.47 bits per heavy atom. The number of hydrogen-bond acceptors (Lipinski definition) is 3. The van der Waals surface area contributed by atoms with E-state index in [-0.39, 0.29) is 11.3 Å². The van der Waals surface area contributed by atoms with Gasteiger partial charge >= 0.3 is 5.97 Å². The van der Waals surface area contributed by atoms with Gasteiger partial charge in [0.2, 0.25) is 5.82 Å². The van der Waals surface area contributed by atoms with Crippen LogP contribution in [0.15, 0.2) is 18.3 Å². The first-order chi connectivity index (χ1) is 8.90. The van der Waals surface area contributed by atoms with Gasteiger partial charge in [0.15, 0.2) is 0 Å². The summed E-state index contributed by atoms with van der Waals surface area (Å²) in [5.41, 5.74) is 1.10. The molecule has 0 radical (unpaired) electrons. The van der Waals surface area contributed by atoms with Gasteiger partial charge in [0, 0.05) is 17.8 Å². The van der Waals surface area contributed by atoms with E-state index >= 15 is 0 Å². The van der Waals surface area contributed by atoms with Crippen molar-refractivity contribution in [3.8, 4) is 11.3 Å². The molecule has 0 aliphatic heterocycles. The highest BCUT2D eigenvalue weighted by Gasteiger charge is 2.17. The first kappa shape index (κ1) is 13.1. The monoisotopic (exact) mass is 264 g/mol. The molecule has 1 aromatic heterocycles. The number of halogens is 2. The number of carbonyl (C=O) groups is 1. The number of benzene rings is 1. The van der Waals surface area contributed by atoms with Gasteiger partial charge in [-0.05, 0) is 31.0 Å². The number of aromatic nitrogens is 2. The van der Waals surface area contributed by atoms with Crippen molar-refractivity contribution in [2.75, 3.05) is 0 Å². The molecule has 4 nitrogen and oxygen atoms in total. The molecule has 2 rings (SSSR count). The average molecular weight is 264 g/mol. The summed E-state index contributed by atoms with van der Waals surface area (Å²) in [4.78, 5) is 18.3. The lowest BCUT2D eigenvalue weighted by molar-refractivity contribution is 0.0683. The molecule has 1 heterocycles. The predicted molar refractivity (Wildman–Crippen MR) is 63.8 cm³/mol. The minimum absolute atomic E-state index is 0.0869. The maximum atomic E-state index is 13.9. The van der Waals surface area contributed by atoms with Crippen LogP contribution in [0.25, 0.3) is 11.3 Å². The zero-order valence-corrected chi connectivity index (χ0v) is 10.2. The van der Waals surface area contributed by atoms with Gasteiger partial charge in [0.25, 0.3) is 0 Å². The largest absolute Gasteiger partial charge is 0.475 e. The lowest BCUT2D eigenvalue weighted by Gasteiger charge is -2.10. The highest BCUT2D eigenvalue weighted by Crippen LogP contribution is 2.28. The molecule has 6 heteroatoms. The van der Waals surface area contributed by atoms with Gasteiger partial charge in [-0.15, -0.1) is 0 Å². The Kier molecular flexibility index (Phi) is 3.25. The predicted octanol–water partition coefficient (Wildman–Crippen LogP) is 2.74. The summed E-state index contributed by atoms with van der Waals surface area (Å²) in [7, 11) is 0. The molecule has 0 unspecified atom stereocenters. The zero-order valence-electron chi connectivity index (χ0n) is 10.2. The second-order valence-electron chi connectivity index (χ2n) is 4.11. The Bertz CT molecular complexity index is 649. The van der Waals surface area contributed by atoms with Crippen molar-refractivity contribution in [3.05, 3.63) is 46.9 Å². The Hall–Kier alpha value is -2.37. The van der Waals surface area contributed by atoms with Crippen LogP contribution in [-0.4, -0.2) is 21.0 Å². The fourth-order valence-corrected chi connectivity index (χ4v) is 1.80. The second kappa shape index (κ2) is 4.72. The number of hydrogen-bond donors (Lipinski definition) is 1. The summed E-state index contributed by atoms with van der Waals surface area (Å²) in [6.07, 6.45) is 1.30. The zero-order chi connectivity index (χ0) is 14.2. The minimum Gasteiger partial charge on any atom is -0.475 e. The van der Waals surface area contributed by atoms with Crippen molar-refractivity contribution >= 4 is 5.97 Å². The van der Waals surface area contributed by atoms with Crippen molar-refractivity contribution in [1.29, 1.82) is 0 Å². The molecule has 0 bridgehead atoms. The van der Waals surface area contributed by atoms with Gasteiger partial charge in [-0.2, -0.15) is 0 Å². The molecule has 0 aliphatic carbocycles. The summed E-state index contributed by atoms with van der Waals surface area (Å²) in [5.74, 6) is -3.20. The van der Waals surface area contributed by atoms with Crippen LogP contribution in [0, 0.1) is 25.5 Å². The Morgan fingerprint density at radius 1 is 1.21 bits per heavy atom. The maximum absolute atomic E-state index is 13.9. The summed E-state index contributed by atoms with van der Waals surface area (Å²) < 4.78 is 26.9. The summed E-state index contributed by atoms with van der Waals surface area (Å²) >= 11 is 0. The number of carboxylic acids is 1. The van der Waals surface area contributed by atoms with Crippen molar-refractivity contribution < 1.29 is 18.7 Å². The Labute approximate surface area is 107 Å². The minimum atomic E-state index is -1.30. The highest BCUT2D eigenvalue weighted by atomic mass is 19.1. The fraction of sp³-hybridized carbons (Fsp3) is 0.154. The smallest absolute Gasteiger partial charge is 0.373 e. The van der Waals surface area contributed by atoms with E-state index in [9.17, 15) is 13.6 Å². The van der Waals surface area contributed by atoms with Crippen molar-refractivity contribution in [2.24, 2.45) is 0 Å². The first-order valence-corrected chi connectivity index (χ1v) is 5.43. The third-order valence-electron chi connectivity index (χ3n) is 2.65. The van der Waals surface area contributed by atoms with E-state index in [1.807, 2.05) is 0 Å². The van der Waals surface area contributed by atoms with Crippen LogP contribution >= 0.6 is 0 Å². The lowest BCUT2D eigenvalue weighted by Crippen LogP contribution is -2.07. The molecule has 0 atom stereocenters. The molecule has 0 saturated carbocycles. The van der Waals surface area contributed by atoms with Crippen molar-refractivity contribution in [1.82, 2.24) is 9.97 Å². The number of rotatable bonds is 2. The molecule has 19 heavy (non-hydrogen) atoms. The van der Waals surface area contributed by atoms with Gasteiger partial charge in [0.05, 0.1) is 5.69 Å². The summed E-state index contributed by atoms with van der Waals surface area (Å²) in [6.45, 7) is 3.16. The van der Waals surface area contributed by atoms with Crippen LogP contribution < -0.4 is 0 Å². The topological polar surface area (TPSA) is 63.1 Å². The van der Waals surface area contributed by atoms with Crippen LogP contribution in [-0.2, 0) is 0 Å². The molecule has 0 spiro atoms. The van der Waals surface area contributed by atoms with Crippen molar-refractivity contribution in [2.45, 2.75) is 13.8 Å². The van der Waals surface area contributed by atoms with E-state index in [1.54, 1.807) is 6.92 Å². The highest BCUT2D eigenvalue weighted by molar-refractivity contribution is 5.84. The number of carboxylic acid groups (broad SMARTS) is 1. The Morgan fingerprint density at radius 2 is 1.89 bits per heavy atom.